The summed E-state index contributed by atoms with van der Waals surface area (Å²) in [6.45, 7) is 2.14. The molecular formula is C17H15F3N6. The van der Waals surface area contributed by atoms with Crippen LogP contribution in [0.4, 0.5) is 24.8 Å². The molecule has 2 atom stereocenters. The Balaban J connectivity index is 1.54. The SMILES string of the molecule is N#Cc1nccnc1N1CCC2CN(c3ccc(C(F)(F)F)cn3)CC21. The van der Waals surface area contributed by atoms with Crippen LogP contribution in [0.3, 0.4) is 0 Å². The molecule has 4 heterocycles. The summed E-state index contributed by atoms with van der Waals surface area (Å²) in [6.07, 6.45) is 0.473. The van der Waals surface area contributed by atoms with Gasteiger partial charge in [-0.2, -0.15) is 18.4 Å². The van der Waals surface area contributed by atoms with Gasteiger partial charge in [-0.25, -0.2) is 15.0 Å². The van der Waals surface area contributed by atoms with Gasteiger partial charge in [0.25, 0.3) is 0 Å². The number of nitriles is 1. The second kappa shape index (κ2) is 6.12. The minimum Gasteiger partial charge on any atom is -0.354 e. The van der Waals surface area contributed by atoms with Crippen molar-refractivity contribution in [3.05, 3.63) is 42.0 Å². The van der Waals surface area contributed by atoms with Crippen LogP contribution in [0.2, 0.25) is 0 Å². The summed E-state index contributed by atoms with van der Waals surface area (Å²) in [4.78, 5) is 16.4. The highest BCUT2D eigenvalue weighted by molar-refractivity contribution is 5.53. The fraction of sp³-hybridized carbons (Fsp3) is 0.412. The molecule has 2 aromatic rings. The third-order valence-electron chi connectivity index (χ3n) is 5.00. The summed E-state index contributed by atoms with van der Waals surface area (Å²) in [5.74, 6) is 1.46. The van der Waals surface area contributed by atoms with Crippen molar-refractivity contribution in [2.75, 3.05) is 29.4 Å². The number of nitrogens with zero attached hydrogens (tertiary/aromatic N) is 6. The van der Waals surface area contributed by atoms with E-state index in [4.69, 9.17) is 0 Å². The van der Waals surface area contributed by atoms with E-state index in [1.807, 2.05) is 4.90 Å². The number of hydrogen-bond acceptors (Lipinski definition) is 6. The lowest BCUT2D eigenvalue weighted by atomic mass is 10.1. The number of alkyl halides is 3. The van der Waals surface area contributed by atoms with Gasteiger partial charge in [0, 0.05) is 44.1 Å². The molecule has 2 unspecified atom stereocenters. The van der Waals surface area contributed by atoms with E-state index in [0.29, 0.717) is 29.8 Å². The van der Waals surface area contributed by atoms with Gasteiger partial charge in [0.1, 0.15) is 11.9 Å². The zero-order valence-electron chi connectivity index (χ0n) is 13.7. The van der Waals surface area contributed by atoms with Crippen molar-refractivity contribution in [1.82, 2.24) is 15.0 Å². The highest BCUT2D eigenvalue weighted by atomic mass is 19.4. The first-order valence-corrected chi connectivity index (χ1v) is 8.23. The van der Waals surface area contributed by atoms with Gasteiger partial charge in [-0.15, -0.1) is 0 Å². The molecule has 0 N–H and O–H groups in total. The van der Waals surface area contributed by atoms with Crippen molar-refractivity contribution in [2.45, 2.75) is 18.6 Å². The maximum absolute atomic E-state index is 12.7. The molecule has 2 aliphatic heterocycles. The van der Waals surface area contributed by atoms with Gasteiger partial charge >= 0.3 is 6.18 Å². The van der Waals surface area contributed by atoms with Crippen molar-refractivity contribution in [3.63, 3.8) is 0 Å². The molecule has 0 aromatic carbocycles. The van der Waals surface area contributed by atoms with Crippen LogP contribution in [0.5, 0.6) is 0 Å². The molecule has 26 heavy (non-hydrogen) atoms. The van der Waals surface area contributed by atoms with Crippen LogP contribution in [0.15, 0.2) is 30.7 Å². The average molecular weight is 360 g/mol. The van der Waals surface area contributed by atoms with Gasteiger partial charge in [0.05, 0.1) is 11.6 Å². The van der Waals surface area contributed by atoms with E-state index < -0.39 is 11.7 Å². The molecule has 4 rings (SSSR count). The van der Waals surface area contributed by atoms with Crippen LogP contribution >= 0.6 is 0 Å². The normalized spacial score (nSPS) is 22.4. The largest absolute Gasteiger partial charge is 0.417 e. The van der Waals surface area contributed by atoms with Crippen LogP contribution in [-0.2, 0) is 6.18 Å². The van der Waals surface area contributed by atoms with Crippen molar-refractivity contribution >= 4 is 11.6 Å². The molecular weight excluding hydrogens is 345 g/mol. The number of halogens is 3. The van der Waals surface area contributed by atoms with Crippen molar-refractivity contribution in [1.29, 1.82) is 5.26 Å². The van der Waals surface area contributed by atoms with E-state index in [2.05, 4.69) is 25.9 Å². The van der Waals surface area contributed by atoms with Crippen molar-refractivity contribution < 1.29 is 13.2 Å². The van der Waals surface area contributed by atoms with Crippen molar-refractivity contribution in [3.8, 4) is 6.07 Å². The van der Waals surface area contributed by atoms with E-state index in [-0.39, 0.29) is 6.04 Å². The lowest BCUT2D eigenvalue weighted by Crippen LogP contribution is -2.36. The Morgan fingerprint density at radius 3 is 2.62 bits per heavy atom. The van der Waals surface area contributed by atoms with Crippen LogP contribution in [0.1, 0.15) is 17.7 Å². The highest BCUT2D eigenvalue weighted by Crippen LogP contribution is 2.37. The average Bonchev–Trinajstić information content (AvgIpc) is 3.21. The first-order valence-electron chi connectivity index (χ1n) is 8.23. The van der Waals surface area contributed by atoms with Crippen LogP contribution in [-0.4, -0.2) is 40.6 Å². The maximum atomic E-state index is 12.7. The van der Waals surface area contributed by atoms with Gasteiger partial charge in [-0.3, -0.25) is 0 Å². The summed E-state index contributed by atoms with van der Waals surface area (Å²) in [7, 11) is 0. The third kappa shape index (κ3) is 2.81. The Labute approximate surface area is 147 Å². The highest BCUT2D eigenvalue weighted by Gasteiger charge is 2.43. The lowest BCUT2D eigenvalue weighted by molar-refractivity contribution is -0.137. The topological polar surface area (TPSA) is 68.9 Å². The molecule has 2 fully saturated rings. The van der Waals surface area contributed by atoms with Crippen LogP contribution in [0.25, 0.3) is 0 Å². The van der Waals surface area contributed by atoms with E-state index in [1.54, 1.807) is 6.20 Å². The van der Waals surface area contributed by atoms with Crippen LogP contribution in [0, 0.1) is 17.2 Å². The van der Waals surface area contributed by atoms with Crippen LogP contribution < -0.4 is 9.80 Å². The van der Waals surface area contributed by atoms with E-state index in [9.17, 15) is 18.4 Å². The van der Waals surface area contributed by atoms with E-state index in [0.717, 1.165) is 31.8 Å². The molecule has 0 spiro atoms. The summed E-state index contributed by atoms with van der Waals surface area (Å²) in [6, 6.07) is 4.68. The molecule has 0 amide bonds. The standard InChI is InChI=1S/C17H15F3N6/c18-17(19,20)12-1-2-15(24-8-12)25-9-11-3-6-26(14(11)10-25)16-13(7-21)22-4-5-23-16/h1-2,4-5,8,11,14H,3,6,9-10H2. The number of aromatic nitrogens is 3. The second-order valence-electron chi connectivity index (χ2n) is 6.46. The smallest absolute Gasteiger partial charge is 0.354 e. The second-order valence-corrected chi connectivity index (χ2v) is 6.46. The number of fused-ring (bicyclic) bond motifs is 1. The van der Waals surface area contributed by atoms with Gasteiger partial charge in [0.2, 0.25) is 0 Å². The Kier molecular flexibility index (Phi) is 3.90. The molecule has 0 aliphatic carbocycles. The monoisotopic (exact) mass is 360 g/mol. The Morgan fingerprint density at radius 1 is 1.12 bits per heavy atom. The number of pyridine rings is 1. The first kappa shape index (κ1) is 16.6. The summed E-state index contributed by atoms with van der Waals surface area (Å²) < 4.78 is 38.1. The molecule has 6 nitrogen and oxygen atoms in total. The molecule has 0 radical (unpaired) electrons. The zero-order valence-corrected chi connectivity index (χ0v) is 13.7. The van der Waals surface area contributed by atoms with Gasteiger partial charge in [0.15, 0.2) is 11.5 Å². The Morgan fingerprint density at radius 2 is 1.92 bits per heavy atom. The first-order chi connectivity index (χ1) is 12.5. The quantitative estimate of drug-likeness (QED) is 0.820. The van der Waals surface area contributed by atoms with Gasteiger partial charge in [-0.05, 0) is 18.6 Å². The van der Waals surface area contributed by atoms with Crippen molar-refractivity contribution in [2.24, 2.45) is 5.92 Å². The number of anilines is 2. The fourth-order valence-corrected chi connectivity index (χ4v) is 3.77. The summed E-state index contributed by atoms with van der Waals surface area (Å²) in [5.41, 5.74) is -0.459. The Hall–Kier alpha value is -2.89. The number of rotatable bonds is 2. The molecule has 134 valence electrons. The fourth-order valence-electron chi connectivity index (χ4n) is 3.77. The maximum Gasteiger partial charge on any atom is 0.417 e. The van der Waals surface area contributed by atoms with Gasteiger partial charge < -0.3 is 9.80 Å². The van der Waals surface area contributed by atoms with E-state index in [1.165, 1.54) is 12.3 Å². The molecule has 2 aromatic heterocycles. The number of hydrogen-bond donors (Lipinski definition) is 0. The molecule has 2 aliphatic rings. The molecule has 9 heteroatoms. The summed E-state index contributed by atoms with van der Waals surface area (Å²) >= 11 is 0. The predicted octanol–water partition coefficient (Wildman–Crippen LogP) is 2.48. The Bertz CT molecular complexity index is 845. The minimum absolute atomic E-state index is 0.142. The third-order valence-corrected chi connectivity index (χ3v) is 5.00. The van der Waals surface area contributed by atoms with E-state index >= 15 is 0 Å². The molecule has 0 saturated carbocycles. The molecule has 0 bridgehead atoms. The zero-order chi connectivity index (χ0) is 18.3. The van der Waals surface area contributed by atoms with Gasteiger partial charge in [-0.1, -0.05) is 0 Å². The molecule has 2 saturated heterocycles. The summed E-state index contributed by atoms with van der Waals surface area (Å²) in [5, 5.41) is 9.25. The lowest BCUT2D eigenvalue weighted by Gasteiger charge is -2.26. The predicted molar refractivity (Wildman–Crippen MR) is 87.4 cm³/mol. The minimum atomic E-state index is -4.39.